The quantitative estimate of drug-likeness (QED) is 0.0166. The van der Waals surface area contributed by atoms with E-state index in [1.165, 1.54) is 37.0 Å². The van der Waals surface area contributed by atoms with Crippen LogP contribution in [-0.2, 0) is 155 Å². The third-order valence-electron chi connectivity index (χ3n) is 21.5. The number of esters is 2. The summed E-state index contributed by atoms with van der Waals surface area (Å²) in [5.74, 6) is -15.1. The van der Waals surface area contributed by atoms with Gasteiger partial charge in [0.05, 0.1) is 205 Å². The highest BCUT2D eigenvalue weighted by Crippen LogP contribution is 2.41. The van der Waals surface area contributed by atoms with Crippen LogP contribution in [0.2, 0.25) is 0 Å². The lowest BCUT2D eigenvalue weighted by molar-refractivity contribution is -0.150. The van der Waals surface area contributed by atoms with Crippen molar-refractivity contribution in [2.75, 3.05) is 212 Å². The number of nitrogens with zero attached hydrogens (tertiary/aromatic N) is 3. The van der Waals surface area contributed by atoms with Crippen LogP contribution < -0.4 is 72.1 Å². The lowest BCUT2D eigenvalue weighted by Crippen LogP contribution is -2.52. The normalized spacial score (nSPS) is 15.3. The first kappa shape index (κ1) is 122. The van der Waals surface area contributed by atoms with E-state index < -0.39 is 265 Å². The molecule has 0 aromatic heterocycles. The zero-order chi connectivity index (χ0) is 108. The standard InChI is InChI=1S/C90H137F2N13O40/c1-5-142-79(124)15-13-75(120)103-48-55-39-65(132-3)87(81(91)57(55)50-103)143-21-6-22-144-88-66(133-4)40-56-49-104(51-58(56)82(88)92)76(121)14-16-80(125)145-54(2)41-94-67(112)9-7-60(101-69(114)17-20-105-77(122)11-12-78(105)123)90(131)100-47-74(119)98-46-73(118)97-45-72(117)96-44-71(116)93-19-24-135-26-28-137-30-32-139-34-36-141-38-37-140-35-33-138-31-29-136-27-25-134-23-18-70(115)102-59(89(130)99-43-62(109)84(127)86(129)64(111)53-107)8-10-68(113)95-42-61(108)83(126)85(128)63(110)52-106/h39-40,54,59-64,83-85,106-111,126-128H,5-38,41-53H2,1-4H3,(H,93,116)(H,94,112)(H,95,113)(H,96,117)(H,97,118)(H,98,119)(H,99,130)(H,100,131)(H,101,114)(H,102,115)/t54-,59-,60-,61-,62-,63+,64+,83+,84+,85+/m0/s1/i11T/t11?,54-,59-,60-,61-,62-,63+,64+,83+,84+,85+. The number of carbonyl (C=O) groups excluding carboxylic acids is 17. The molecule has 53 nitrogen and oxygen atoms in total. The van der Waals surface area contributed by atoms with E-state index in [2.05, 4.69) is 53.2 Å². The molecule has 14 amide bonds. The number of likely N-dealkylation sites (tertiary alicyclic amines) is 1. The highest BCUT2D eigenvalue weighted by atomic mass is 19.1. The van der Waals surface area contributed by atoms with Crippen LogP contribution in [0.15, 0.2) is 12.1 Å². The summed E-state index contributed by atoms with van der Waals surface area (Å²) in [6.45, 7) is -0.394. The minimum Gasteiger partial charge on any atom is -0.493 e. The van der Waals surface area contributed by atoms with Crippen molar-refractivity contribution in [3.63, 3.8) is 0 Å². The van der Waals surface area contributed by atoms with E-state index in [1.54, 1.807) is 13.0 Å². The van der Waals surface area contributed by atoms with Gasteiger partial charge in [-0.3, -0.25) is 86.4 Å². The summed E-state index contributed by atoms with van der Waals surface area (Å²) in [4.78, 5) is 219. The predicted octanol–water partition coefficient (Wildman–Crippen LogP) is -8.83. The summed E-state index contributed by atoms with van der Waals surface area (Å²) < 4.78 is 116. The van der Waals surface area contributed by atoms with E-state index >= 15 is 8.78 Å². The molecule has 2 aromatic carbocycles. The van der Waals surface area contributed by atoms with Crippen LogP contribution in [0.25, 0.3) is 0 Å². The second-order valence-corrected chi connectivity index (χ2v) is 32.5. The lowest BCUT2D eigenvalue weighted by Gasteiger charge is -2.25. The predicted molar refractivity (Wildman–Crippen MR) is 490 cm³/mol. The molecule has 55 heteroatoms. The van der Waals surface area contributed by atoms with Gasteiger partial charge < -0.3 is 175 Å². The largest absolute Gasteiger partial charge is 0.493 e. The number of halogens is 2. The van der Waals surface area contributed by atoms with Crippen LogP contribution in [-0.4, -0.2) is 434 Å². The van der Waals surface area contributed by atoms with Crippen molar-refractivity contribution in [1.82, 2.24) is 67.9 Å². The van der Waals surface area contributed by atoms with Gasteiger partial charge in [0.1, 0.15) is 54.8 Å². The van der Waals surface area contributed by atoms with Crippen molar-refractivity contribution in [3.8, 4) is 23.0 Å². The Hall–Kier alpha value is -11.8. The minimum atomic E-state index is -2.21. The molecule has 0 bridgehead atoms. The van der Waals surface area contributed by atoms with E-state index in [0.29, 0.717) is 24.3 Å². The van der Waals surface area contributed by atoms with Gasteiger partial charge in [0.25, 0.3) is 0 Å². The fourth-order valence-corrected chi connectivity index (χ4v) is 13.5. The summed E-state index contributed by atoms with van der Waals surface area (Å²) in [5, 5.41) is 110. The third-order valence-corrected chi connectivity index (χ3v) is 21.5. The lowest BCUT2D eigenvalue weighted by atomic mass is 10.0. The SMILES string of the molecule is [3H]C1CC(=O)N(CCC(=O)N[C@@H](CCC(=O)NC[C@H](C)OC(=O)CCC(=O)N2Cc3cc(OC)c(OCCCOc4c(OC)cc5c(c4F)CN(C(=O)CCC(=O)OCC)C5)c(F)c3C2)C(=O)NCC(=O)NCC(=O)NCC(=O)NCC(=O)NCCOCCOCCOCCOCCOCCOCCOCCOCCC(=O)N[C@@H](CCC(=O)NC[C@H](O)[C@@H](O)[C@H](O)[C@H](O)CO)C(=O)NC[C@H](O)[C@@H](O)C(=O)[C@H](O)CO)C1=O. The number of hydrogen-bond donors (Lipinski definition) is 19. The van der Waals surface area contributed by atoms with Gasteiger partial charge in [-0.05, 0) is 49.9 Å². The number of Topliss-reactive ketones (excluding diaryl/α,β-unsaturated/α-hetero) is 1. The minimum absolute atomic E-state index is 0.0276. The van der Waals surface area contributed by atoms with Crippen LogP contribution >= 0.6 is 0 Å². The molecule has 816 valence electrons. The number of rotatable bonds is 78. The Labute approximate surface area is 834 Å². The van der Waals surface area contributed by atoms with Gasteiger partial charge in [-0.2, -0.15) is 0 Å². The number of benzene rings is 2. The molecule has 0 radical (unpaired) electrons. The molecule has 5 rings (SSSR count). The topological polar surface area (TPSA) is 732 Å². The first-order valence-electron chi connectivity index (χ1n) is 47.5. The Balaban J connectivity index is 0.851. The van der Waals surface area contributed by atoms with Crippen LogP contribution in [0.1, 0.15) is 121 Å². The highest BCUT2D eigenvalue weighted by Gasteiger charge is 2.37. The van der Waals surface area contributed by atoms with Crippen molar-refractivity contribution in [2.45, 2.75) is 184 Å². The number of aliphatic hydroxyl groups excluding tert-OH is 9. The molecule has 1 unspecified atom stereocenters. The Morgan fingerprint density at radius 3 is 1.29 bits per heavy atom. The number of imide groups is 1. The van der Waals surface area contributed by atoms with Gasteiger partial charge >= 0.3 is 11.9 Å². The molecule has 19 N–H and O–H groups in total. The fraction of sp³-hybridized carbons (Fsp3) is 0.678. The Bertz CT molecular complexity index is 4560. The van der Waals surface area contributed by atoms with Gasteiger partial charge in [-0.15, -0.1) is 0 Å². The number of aliphatic hydroxyl groups is 9. The molecule has 0 spiro atoms. The van der Waals surface area contributed by atoms with Crippen molar-refractivity contribution in [2.24, 2.45) is 0 Å². The molecule has 1 saturated heterocycles. The van der Waals surface area contributed by atoms with Gasteiger partial charge in [-0.1, -0.05) is 0 Å². The van der Waals surface area contributed by atoms with Gasteiger partial charge in [0.2, 0.25) is 82.7 Å². The maximum atomic E-state index is 16.2. The molecular formula is C90H137F2N13O40. The number of methoxy groups -OCH3 is 2. The molecule has 145 heavy (non-hydrogen) atoms. The summed E-state index contributed by atoms with van der Waals surface area (Å²) >= 11 is 0. The van der Waals surface area contributed by atoms with Gasteiger partial charge in [0, 0.05) is 123 Å². The molecule has 0 aliphatic carbocycles. The summed E-state index contributed by atoms with van der Waals surface area (Å²) in [6, 6.07) is 0.118. The zero-order valence-corrected chi connectivity index (χ0v) is 81.3. The molecule has 3 aliphatic rings. The van der Waals surface area contributed by atoms with Crippen molar-refractivity contribution in [3.05, 3.63) is 46.0 Å². The summed E-state index contributed by atoms with van der Waals surface area (Å²) in [5.41, 5.74) is 1.30. The van der Waals surface area contributed by atoms with Crippen molar-refractivity contribution < 1.29 is 204 Å². The molecule has 1 fully saturated rings. The summed E-state index contributed by atoms with van der Waals surface area (Å²) in [7, 11) is 2.63. The average Bonchev–Trinajstić information content (AvgIpc) is 1.64. The van der Waals surface area contributed by atoms with Crippen molar-refractivity contribution >= 4 is 100 Å². The molecule has 11 atom stereocenters. The number of ketones is 1. The summed E-state index contributed by atoms with van der Waals surface area (Å²) in [6.07, 6.45) is -19.8. The number of nitrogens with one attached hydrogen (secondary N) is 10. The molecular weight excluding hydrogens is 1940 g/mol. The van der Waals surface area contributed by atoms with Crippen LogP contribution in [0.5, 0.6) is 23.0 Å². The van der Waals surface area contributed by atoms with E-state index in [4.69, 9.17) is 77.9 Å². The second-order valence-electron chi connectivity index (χ2n) is 32.5. The van der Waals surface area contributed by atoms with Gasteiger partial charge in [-0.25, -0.2) is 8.78 Å². The molecule has 3 aliphatic heterocycles. The van der Waals surface area contributed by atoms with Crippen LogP contribution in [0, 0.1) is 11.6 Å². The number of amides is 14. The van der Waals surface area contributed by atoms with Crippen molar-refractivity contribution in [1.29, 1.82) is 0 Å². The maximum absolute atomic E-state index is 16.2. The monoisotopic (exact) mass is 2080 g/mol. The average molecular weight is 2080 g/mol. The smallest absolute Gasteiger partial charge is 0.306 e. The van der Waals surface area contributed by atoms with Crippen LogP contribution in [0.4, 0.5) is 8.78 Å². The van der Waals surface area contributed by atoms with E-state index in [9.17, 15) is 117 Å². The van der Waals surface area contributed by atoms with Gasteiger partial charge in [0.15, 0.2) is 40.4 Å². The Kier molecular flexibility index (Phi) is 58.3. The Morgan fingerprint density at radius 1 is 0.434 bits per heavy atom. The first-order chi connectivity index (χ1) is 69.8. The van der Waals surface area contributed by atoms with E-state index in [-0.39, 0.29) is 237 Å². The number of fused-ring (bicyclic) bond motifs is 2. The molecule has 2 aromatic rings. The number of hydrogen-bond acceptors (Lipinski definition) is 40. The third kappa shape index (κ3) is 47.1. The second kappa shape index (κ2) is 69.3. The van der Waals surface area contributed by atoms with E-state index in [0.717, 1.165) is 4.90 Å². The highest BCUT2D eigenvalue weighted by molar-refractivity contribution is 6.02. The fourth-order valence-electron chi connectivity index (χ4n) is 13.5. The molecule has 0 saturated carbocycles. The van der Waals surface area contributed by atoms with Crippen LogP contribution in [0.3, 0.4) is 0 Å². The maximum Gasteiger partial charge on any atom is 0.306 e. The first-order valence-corrected chi connectivity index (χ1v) is 46.9. The number of carbonyl (C=O) groups is 17. The molecule has 3 heterocycles. The number of ether oxygens (including phenoxy) is 14. The Morgan fingerprint density at radius 2 is 0.848 bits per heavy atom. The zero-order valence-electron chi connectivity index (χ0n) is 82.3. The van der Waals surface area contributed by atoms with E-state index in [1.807, 2.05) is 0 Å².